The molecule has 0 spiro atoms. The van der Waals surface area contributed by atoms with Gasteiger partial charge in [-0.3, -0.25) is 0 Å². The second-order valence-corrected chi connectivity index (χ2v) is 0. The van der Waals surface area contributed by atoms with Crippen molar-refractivity contribution in [2.45, 2.75) is 21.2 Å². The predicted molar refractivity (Wildman–Crippen MR) is 26.2 cm³/mol. The Labute approximate surface area is 38.9 Å². The first-order valence-corrected chi connectivity index (χ1v) is 1.02. The van der Waals surface area contributed by atoms with Gasteiger partial charge in [0.15, 0.2) is 0 Å². The number of hydrogen-bond acceptors (Lipinski definition) is 1. The minimum Gasteiger partial charge on any atom is -0.400 e. The van der Waals surface area contributed by atoms with E-state index in [0.29, 0.717) is 6.90 Å². The summed E-state index contributed by atoms with van der Waals surface area (Å²) in [5.41, 5.74) is 0. The molecule has 0 bridgehead atoms. The highest BCUT2D eigenvalue weighted by atomic mass is 16.2. The van der Waals surface area contributed by atoms with Crippen molar-refractivity contribution in [2.24, 2.45) is 0 Å². The topological polar surface area (TPSA) is 20.2 Å². The lowest BCUT2D eigenvalue weighted by molar-refractivity contribution is 0.399. The van der Waals surface area contributed by atoms with Crippen molar-refractivity contribution in [1.29, 1.82) is 0 Å². The lowest BCUT2D eigenvalue weighted by Crippen LogP contribution is -1.25. The molecule has 0 amide bonds. The maximum atomic E-state index is 7.24. The number of rotatable bonds is 0. The summed E-state index contributed by atoms with van der Waals surface area (Å²) in [5.74, 6) is 0. The molecular weight excluding hydrogens is 64.0 g/mol. The van der Waals surface area contributed by atoms with Crippen molar-refractivity contribution in [3.8, 4) is 0 Å². The highest BCUT2D eigenvalue weighted by molar-refractivity contribution is 3.50. The minimum absolute atomic E-state index is 0.500. The van der Waals surface area contributed by atoms with Gasteiger partial charge in [-0.15, -0.1) is 0 Å². The number of aliphatic hydroxyl groups is 1. The van der Waals surface area contributed by atoms with Crippen LogP contribution in [0.15, 0.2) is 0 Å². The Morgan fingerprint density at radius 3 is 2.00 bits per heavy atom. The number of aliphatic hydroxyl groups excluding tert-OH is 1. The minimum atomic E-state index is -0.500. The van der Waals surface area contributed by atoms with Gasteiger partial charge in [-0.2, -0.15) is 0 Å². The van der Waals surface area contributed by atoms with Gasteiger partial charge in [0.2, 0.25) is 0 Å². The largest absolute Gasteiger partial charge is 0.400 e. The van der Waals surface area contributed by atoms with E-state index in [1.165, 1.54) is 7.40 Å². The van der Waals surface area contributed by atoms with Crippen molar-refractivity contribution >= 4 is 0 Å². The maximum Gasteiger partial charge on any atom is 0.0527 e. The van der Waals surface area contributed by atoms with Crippen LogP contribution in [-0.4, -0.2) is 12.2 Å². The third kappa shape index (κ3) is 9510. The van der Waals surface area contributed by atoms with Crippen LogP contribution in [0, 0.1) is 0 Å². The summed E-state index contributed by atoms with van der Waals surface area (Å²) < 4.78 is 17.7. The number of hydrogen-bond donors (Lipinski definition) is 1. The smallest absolute Gasteiger partial charge is 0.0527 e. The summed E-state index contributed by atoms with van der Waals surface area (Å²) in [5, 5.41) is 7.24. The van der Waals surface area contributed by atoms with Gasteiger partial charge in [0, 0.05) is 9.83 Å². The van der Waals surface area contributed by atoms with Crippen LogP contribution in [-0.2, 0) is 0 Å². The normalized spacial score (nSPS) is 9.00. The monoisotopic (exact) mass is 81.1 g/mol. The average Bonchev–Trinajstić information content (AvgIpc) is 1.75. The van der Waals surface area contributed by atoms with E-state index in [-0.39, 0.29) is 0 Å². The Balaban J connectivity index is -0.0000000483. The fraction of sp³-hybridized carbons (Fsp3) is 1.00. The van der Waals surface area contributed by atoms with Gasteiger partial charge in [0.1, 0.15) is 0 Å². The van der Waals surface area contributed by atoms with Gasteiger partial charge in [0.05, 0.1) is 1.37 Å². The van der Waals surface area contributed by atoms with Crippen molar-refractivity contribution in [3.05, 3.63) is 0 Å². The van der Waals surface area contributed by atoms with E-state index in [1.807, 2.05) is 0 Å². The van der Waals surface area contributed by atoms with Crippen LogP contribution >= 0.6 is 0 Å². The molecule has 0 unspecified atom stereocenters. The highest BCUT2D eigenvalue weighted by Crippen LogP contribution is 1.14. The van der Waals surface area contributed by atoms with E-state index in [1.54, 1.807) is 6.92 Å². The van der Waals surface area contributed by atoms with Crippen molar-refractivity contribution < 1.29 is 9.22 Å². The third-order valence-corrected chi connectivity index (χ3v) is 0. The zero-order valence-corrected chi connectivity index (χ0v) is 3.86. The molecule has 0 heterocycles. The van der Waals surface area contributed by atoms with Gasteiger partial charge in [-0.25, -0.2) is 0 Å². The molecule has 0 rings (SSSR count). The van der Waals surface area contributed by atoms with Gasteiger partial charge >= 0.3 is 0 Å². The maximum absolute atomic E-state index is 7.24. The Morgan fingerprint density at radius 1 is 2.00 bits per heavy atom. The molecule has 0 aromatic rings. The SMILES string of the molecule is [2H]C.[2H]CC.[2H]CO. The first-order valence-electron chi connectivity index (χ1n) is 3.44. The molecule has 0 radical (unpaired) electrons. The summed E-state index contributed by atoms with van der Waals surface area (Å²) in [4.78, 5) is 0. The Kier molecular flexibility index (Phi) is 13700. The molecule has 1 heteroatoms. The molecule has 1 nitrogen and oxygen atoms in total. The lowest BCUT2D eigenvalue weighted by Gasteiger charge is -1.21. The van der Waals surface area contributed by atoms with Crippen molar-refractivity contribution in [1.82, 2.24) is 0 Å². The van der Waals surface area contributed by atoms with Crippen LogP contribution in [0.1, 0.15) is 25.3 Å². The van der Waals surface area contributed by atoms with Crippen LogP contribution in [0.25, 0.3) is 0 Å². The zero-order chi connectivity index (χ0) is 7.41. The summed E-state index contributed by atoms with van der Waals surface area (Å²) in [6.07, 6.45) is 0. The van der Waals surface area contributed by atoms with Crippen LogP contribution in [0.4, 0.5) is 0 Å². The van der Waals surface area contributed by atoms with E-state index in [0.717, 1.165) is 0 Å². The van der Waals surface area contributed by atoms with E-state index in [2.05, 4.69) is 0 Å². The van der Waals surface area contributed by atoms with Crippen molar-refractivity contribution in [3.63, 3.8) is 0 Å². The van der Waals surface area contributed by atoms with Gasteiger partial charge in [0.25, 0.3) is 0 Å². The van der Waals surface area contributed by atoms with Crippen LogP contribution < -0.4 is 0 Å². The first-order chi connectivity index (χ1) is 3.83. The van der Waals surface area contributed by atoms with Crippen LogP contribution in [0.5, 0.6) is 0 Å². The van der Waals surface area contributed by atoms with Crippen LogP contribution in [0.3, 0.4) is 0 Å². The molecular formula is C4H14O. The molecule has 0 aliphatic heterocycles. The molecule has 0 saturated heterocycles. The summed E-state index contributed by atoms with van der Waals surface area (Å²) >= 11 is 0. The van der Waals surface area contributed by atoms with Gasteiger partial charge in [-0.1, -0.05) is 21.2 Å². The molecule has 0 saturated carbocycles. The van der Waals surface area contributed by atoms with Crippen molar-refractivity contribution in [2.75, 3.05) is 7.09 Å². The van der Waals surface area contributed by atoms with Gasteiger partial charge in [-0.05, 0) is 0 Å². The first kappa shape index (κ1) is 3.16. The Morgan fingerprint density at radius 2 is 2.00 bits per heavy atom. The van der Waals surface area contributed by atoms with E-state index >= 15 is 0 Å². The summed E-state index contributed by atoms with van der Waals surface area (Å²) in [6.45, 7) is 2.29. The predicted octanol–water partition coefficient (Wildman–Crippen LogP) is 1.27. The molecule has 0 aliphatic carbocycles. The molecule has 0 atom stereocenters. The summed E-state index contributed by atoms with van der Waals surface area (Å²) in [7, 11) is 0.750. The summed E-state index contributed by atoms with van der Waals surface area (Å²) in [6, 6.07) is 0. The standard InChI is InChI=1S/C2H6.CH4O.CH4/c2*1-2;/h1-2H3;2H,1H3;1H4/i3*1D. The molecule has 1 N–H and O–H groups in total. The average molecular weight is 81.2 g/mol. The molecule has 0 aromatic heterocycles. The zero-order valence-electron chi connectivity index (χ0n) is 6.86. The molecule has 0 aromatic carbocycles. The van der Waals surface area contributed by atoms with E-state index < -0.39 is 7.09 Å². The van der Waals surface area contributed by atoms with E-state index in [4.69, 9.17) is 9.22 Å². The van der Waals surface area contributed by atoms with Gasteiger partial charge < -0.3 is 5.11 Å². The fourth-order valence-corrected chi connectivity index (χ4v) is 0. The molecule has 36 valence electrons. The second kappa shape index (κ2) is 21700. The molecule has 5 heavy (non-hydrogen) atoms. The highest BCUT2D eigenvalue weighted by Gasteiger charge is 0.932. The third-order valence-electron chi connectivity index (χ3n) is 0. The Hall–Kier alpha value is -0.0400. The fourth-order valence-electron chi connectivity index (χ4n) is 0. The molecule has 0 aliphatic rings. The Bertz CT molecular complexity index is 13.2. The van der Waals surface area contributed by atoms with E-state index in [9.17, 15) is 0 Å². The molecule has 0 fully saturated rings. The lowest BCUT2D eigenvalue weighted by atomic mass is 11.0. The van der Waals surface area contributed by atoms with Crippen LogP contribution in [0.2, 0.25) is 0 Å². The second-order valence-electron chi connectivity index (χ2n) is 0. The quantitative estimate of drug-likeness (QED) is 0.465.